The van der Waals surface area contributed by atoms with Crippen LogP contribution < -0.4 is 9.64 Å². The summed E-state index contributed by atoms with van der Waals surface area (Å²) in [6, 6.07) is 3.39. The maximum atomic E-state index is 12.8. The standard InChI is InChI=1S/C15H20N4O3S2/c1-3-22-13-11-14(23-12(13)2)24(20,21)19-9-7-18(8-10-19)15-16-5-4-6-17-15/h4-6,11H,3,7-10H2,1-2H3. The van der Waals surface area contributed by atoms with Crippen LogP contribution >= 0.6 is 11.3 Å². The second-order valence-corrected chi connectivity index (χ2v) is 8.78. The molecule has 0 radical (unpaired) electrons. The van der Waals surface area contributed by atoms with E-state index >= 15 is 0 Å². The van der Waals surface area contributed by atoms with E-state index in [4.69, 9.17) is 4.74 Å². The number of thiophene rings is 1. The normalized spacial score (nSPS) is 16.3. The van der Waals surface area contributed by atoms with Gasteiger partial charge in [-0.05, 0) is 19.9 Å². The Morgan fingerprint density at radius 2 is 1.88 bits per heavy atom. The summed E-state index contributed by atoms with van der Waals surface area (Å²) in [7, 11) is -3.48. The molecule has 3 rings (SSSR count). The van der Waals surface area contributed by atoms with Crippen LogP contribution in [0.15, 0.2) is 28.7 Å². The molecule has 0 aliphatic carbocycles. The Kier molecular flexibility index (Phi) is 5.02. The Bertz CT molecular complexity index is 784. The van der Waals surface area contributed by atoms with Crippen LogP contribution in [0.3, 0.4) is 0 Å². The lowest BCUT2D eigenvalue weighted by Crippen LogP contribution is -2.49. The number of hydrogen-bond acceptors (Lipinski definition) is 7. The van der Waals surface area contributed by atoms with Crippen molar-refractivity contribution in [2.75, 3.05) is 37.7 Å². The predicted molar refractivity (Wildman–Crippen MR) is 93.2 cm³/mol. The highest BCUT2D eigenvalue weighted by molar-refractivity contribution is 7.91. The van der Waals surface area contributed by atoms with Gasteiger partial charge in [0.15, 0.2) is 0 Å². The second-order valence-electron chi connectivity index (χ2n) is 5.36. The number of ether oxygens (including phenoxy) is 1. The zero-order valence-corrected chi connectivity index (χ0v) is 15.3. The molecule has 0 bridgehead atoms. The van der Waals surface area contributed by atoms with Crippen LogP contribution in [0, 0.1) is 6.92 Å². The number of nitrogens with zero attached hydrogens (tertiary/aromatic N) is 4. The Morgan fingerprint density at radius 1 is 1.21 bits per heavy atom. The molecule has 0 unspecified atom stereocenters. The number of rotatable bonds is 5. The average Bonchev–Trinajstić information content (AvgIpc) is 2.98. The summed E-state index contributed by atoms with van der Waals surface area (Å²) < 4.78 is 33.0. The molecule has 0 saturated carbocycles. The van der Waals surface area contributed by atoms with E-state index in [2.05, 4.69) is 9.97 Å². The minimum absolute atomic E-state index is 0.341. The third-order valence-corrected chi connectivity index (χ3v) is 7.20. The Balaban J connectivity index is 1.72. The van der Waals surface area contributed by atoms with Crippen LogP contribution in [0.1, 0.15) is 11.8 Å². The van der Waals surface area contributed by atoms with Gasteiger partial charge in [-0.15, -0.1) is 11.3 Å². The van der Waals surface area contributed by atoms with Crippen molar-refractivity contribution in [1.29, 1.82) is 0 Å². The van der Waals surface area contributed by atoms with Crippen molar-refractivity contribution in [3.8, 4) is 5.75 Å². The van der Waals surface area contributed by atoms with Crippen LogP contribution in [-0.2, 0) is 10.0 Å². The first-order valence-electron chi connectivity index (χ1n) is 7.77. The lowest BCUT2D eigenvalue weighted by Gasteiger charge is -2.33. The molecule has 3 heterocycles. The molecule has 1 fully saturated rings. The average molecular weight is 368 g/mol. The number of anilines is 1. The lowest BCUT2D eigenvalue weighted by molar-refractivity contribution is 0.339. The number of hydrogen-bond donors (Lipinski definition) is 0. The first-order valence-corrected chi connectivity index (χ1v) is 10.0. The fourth-order valence-electron chi connectivity index (χ4n) is 2.58. The van der Waals surface area contributed by atoms with Crippen molar-refractivity contribution in [3.05, 3.63) is 29.4 Å². The van der Waals surface area contributed by atoms with Gasteiger partial charge in [0.25, 0.3) is 10.0 Å². The van der Waals surface area contributed by atoms with E-state index in [9.17, 15) is 8.42 Å². The summed E-state index contributed by atoms with van der Waals surface area (Å²) >= 11 is 1.26. The molecule has 0 amide bonds. The van der Waals surface area contributed by atoms with Crippen molar-refractivity contribution in [1.82, 2.24) is 14.3 Å². The van der Waals surface area contributed by atoms with E-state index in [1.807, 2.05) is 18.7 Å². The highest BCUT2D eigenvalue weighted by Gasteiger charge is 2.31. The van der Waals surface area contributed by atoms with Crippen LogP contribution in [0.4, 0.5) is 5.95 Å². The quantitative estimate of drug-likeness (QED) is 0.800. The Morgan fingerprint density at radius 3 is 2.50 bits per heavy atom. The second kappa shape index (κ2) is 7.04. The SMILES string of the molecule is CCOc1cc(S(=O)(=O)N2CCN(c3ncccn3)CC2)sc1C. The summed E-state index contributed by atoms with van der Waals surface area (Å²) in [5, 5.41) is 0. The molecule has 0 spiro atoms. The number of aryl methyl sites for hydroxylation is 1. The van der Waals surface area contributed by atoms with E-state index in [1.165, 1.54) is 15.6 Å². The lowest BCUT2D eigenvalue weighted by atomic mass is 10.4. The van der Waals surface area contributed by atoms with Gasteiger partial charge in [0.05, 0.1) is 6.61 Å². The molecule has 1 aliphatic heterocycles. The largest absolute Gasteiger partial charge is 0.493 e. The fourth-order valence-corrected chi connectivity index (χ4v) is 5.53. The zero-order valence-electron chi connectivity index (χ0n) is 13.7. The van der Waals surface area contributed by atoms with Crippen LogP contribution in [0.25, 0.3) is 0 Å². The van der Waals surface area contributed by atoms with Gasteiger partial charge in [0, 0.05) is 49.5 Å². The number of aromatic nitrogens is 2. The molecule has 9 heteroatoms. The van der Waals surface area contributed by atoms with Gasteiger partial charge in [0.2, 0.25) is 5.95 Å². The summed E-state index contributed by atoms with van der Waals surface area (Å²) in [6.07, 6.45) is 3.38. The van der Waals surface area contributed by atoms with Gasteiger partial charge in [-0.25, -0.2) is 18.4 Å². The minimum Gasteiger partial charge on any atom is -0.493 e. The molecule has 0 N–H and O–H groups in total. The molecule has 24 heavy (non-hydrogen) atoms. The molecule has 1 saturated heterocycles. The zero-order chi connectivity index (χ0) is 17.2. The van der Waals surface area contributed by atoms with Crippen molar-refractivity contribution < 1.29 is 13.2 Å². The summed E-state index contributed by atoms with van der Waals surface area (Å²) in [5.41, 5.74) is 0. The minimum atomic E-state index is -3.48. The molecule has 7 nitrogen and oxygen atoms in total. The highest BCUT2D eigenvalue weighted by atomic mass is 32.2. The maximum absolute atomic E-state index is 12.8. The van der Waals surface area contributed by atoms with E-state index in [0.29, 0.717) is 48.7 Å². The van der Waals surface area contributed by atoms with Gasteiger partial charge >= 0.3 is 0 Å². The molecular weight excluding hydrogens is 348 g/mol. The molecule has 130 valence electrons. The van der Waals surface area contributed by atoms with E-state index in [1.54, 1.807) is 24.5 Å². The van der Waals surface area contributed by atoms with Crippen molar-refractivity contribution >= 4 is 27.3 Å². The topological polar surface area (TPSA) is 75.6 Å². The first-order chi connectivity index (χ1) is 11.5. The third kappa shape index (κ3) is 3.38. The fraction of sp³-hybridized carbons (Fsp3) is 0.467. The molecule has 1 aliphatic rings. The van der Waals surface area contributed by atoms with Gasteiger partial charge in [-0.3, -0.25) is 0 Å². The summed E-state index contributed by atoms with van der Waals surface area (Å²) in [6.45, 7) is 6.27. The molecule has 0 atom stereocenters. The van der Waals surface area contributed by atoms with Crippen LogP contribution in [-0.4, -0.2) is 55.5 Å². The smallest absolute Gasteiger partial charge is 0.252 e. The maximum Gasteiger partial charge on any atom is 0.252 e. The summed E-state index contributed by atoms with van der Waals surface area (Å²) in [4.78, 5) is 11.3. The number of piperazine rings is 1. The van der Waals surface area contributed by atoms with Gasteiger partial charge < -0.3 is 9.64 Å². The predicted octanol–water partition coefficient (Wildman–Crippen LogP) is 1.76. The Labute approximate surface area is 146 Å². The monoisotopic (exact) mass is 368 g/mol. The van der Waals surface area contributed by atoms with Gasteiger partial charge in [-0.1, -0.05) is 0 Å². The molecule has 2 aromatic heterocycles. The molecule has 0 aromatic carbocycles. The van der Waals surface area contributed by atoms with Gasteiger partial charge in [0.1, 0.15) is 9.96 Å². The van der Waals surface area contributed by atoms with Crippen LogP contribution in [0.2, 0.25) is 0 Å². The molecular formula is C15H20N4O3S2. The van der Waals surface area contributed by atoms with Crippen molar-refractivity contribution in [2.24, 2.45) is 0 Å². The van der Waals surface area contributed by atoms with Crippen molar-refractivity contribution in [3.63, 3.8) is 0 Å². The van der Waals surface area contributed by atoms with Crippen LogP contribution in [0.5, 0.6) is 5.75 Å². The van der Waals surface area contributed by atoms with E-state index < -0.39 is 10.0 Å². The van der Waals surface area contributed by atoms with E-state index in [0.717, 1.165) is 4.88 Å². The highest BCUT2D eigenvalue weighted by Crippen LogP contribution is 2.33. The number of sulfonamides is 1. The van der Waals surface area contributed by atoms with Gasteiger partial charge in [-0.2, -0.15) is 4.31 Å². The van der Waals surface area contributed by atoms with Crippen molar-refractivity contribution in [2.45, 2.75) is 18.1 Å². The Hall–Kier alpha value is -1.71. The molecule has 2 aromatic rings. The van der Waals surface area contributed by atoms with E-state index in [-0.39, 0.29) is 0 Å². The summed E-state index contributed by atoms with van der Waals surface area (Å²) in [5.74, 6) is 1.29. The third-order valence-electron chi connectivity index (χ3n) is 3.82. The first kappa shape index (κ1) is 17.1.